The Hall–Kier alpha value is -5.23. The smallest absolute Gasteiger partial charge is 0.262 e. The second kappa shape index (κ2) is 14.8. The molecule has 0 radical (unpaired) electrons. The molecular weight excluding hydrogens is 740 g/mol. The van der Waals surface area contributed by atoms with Gasteiger partial charge in [0, 0.05) is 44.0 Å². The molecule has 5 amide bonds. The zero-order valence-corrected chi connectivity index (χ0v) is 31.7. The fourth-order valence-corrected chi connectivity index (χ4v) is 9.05. The standard InChI is InChI=1S/C40H39ClN8O5S/c41-31-22-28(24-43-32(31)23-42)47-38(54)40(14-4-15-40)49(39(47)55)26-8-6-25(7-9-26)5-2-1-3-16-45-17-19-46(20-18-45)27-10-11-29-30(21-27)37(53)48(36(29)52)33-12-13-34(50)44-35(33)51/h6-11,21-22,24,33H,1-5,12-20H2,(H,44,50,51). The van der Waals surface area contributed by atoms with Crippen LogP contribution in [0.2, 0.25) is 5.02 Å². The second-order valence-electron chi connectivity index (χ2n) is 14.8. The topological polar surface area (TPSA) is 150 Å². The molecule has 5 heterocycles. The van der Waals surface area contributed by atoms with Gasteiger partial charge in [-0.1, -0.05) is 30.2 Å². The Morgan fingerprint density at radius 3 is 2.29 bits per heavy atom. The van der Waals surface area contributed by atoms with Crippen LogP contribution in [0, 0.1) is 11.3 Å². The fourth-order valence-electron chi connectivity index (χ4n) is 8.38. The van der Waals surface area contributed by atoms with E-state index >= 15 is 0 Å². The number of rotatable bonds is 10. The fraction of sp³-hybridized carbons (Fsp3) is 0.400. The van der Waals surface area contributed by atoms with E-state index in [1.54, 1.807) is 18.2 Å². The summed E-state index contributed by atoms with van der Waals surface area (Å²) in [6.45, 7) is 4.38. The summed E-state index contributed by atoms with van der Waals surface area (Å²) in [5.41, 5.74) is 3.42. The normalized spacial score (nSPS) is 21.0. The van der Waals surface area contributed by atoms with Gasteiger partial charge in [0.05, 0.1) is 28.0 Å². The lowest BCUT2D eigenvalue weighted by Gasteiger charge is -2.43. The summed E-state index contributed by atoms with van der Waals surface area (Å²) in [7, 11) is 0. The van der Waals surface area contributed by atoms with Crippen LogP contribution in [0.1, 0.15) is 83.3 Å². The Morgan fingerprint density at radius 2 is 1.62 bits per heavy atom. The molecule has 4 aliphatic heterocycles. The van der Waals surface area contributed by atoms with Gasteiger partial charge in [-0.2, -0.15) is 5.26 Å². The van der Waals surface area contributed by atoms with Crippen molar-refractivity contribution >= 4 is 75.5 Å². The van der Waals surface area contributed by atoms with Gasteiger partial charge in [-0.3, -0.25) is 44.0 Å². The first-order valence-electron chi connectivity index (χ1n) is 18.8. The number of unbranched alkanes of at least 4 members (excludes halogenated alkanes) is 2. The van der Waals surface area contributed by atoms with Crippen LogP contribution in [-0.4, -0.2) is 93.7 Å². The molecule has 1 unspecified atom stereocenters. The van der Waals surface area contributed by atoms with Gasteiger partial charge in [-0.15, -0.1) is 0 Å². The Labute approximate surface area is 328 Å². The minimum absolute atomic E-state index is 0.0886. The van der Waals surface area contributed by atoms with Crippen molar-refractivity contribution in [1.29, 1.82) is 5.26 Å². The number of thiocarbonyl (C=S) groups is 1. The van der Waals surface area contributed by atoms with Crippen molar-refractivity contribution in [2.45, 2.75) is 69.4 Å². The lowest BCUT2D eigenvalue weighted by Crippen LogP contribution is -2.55. The molecule has 15 heteroatoms. The van der Waals surface area contributed by atoms with Gasteiger partial charge in [0.1, 0.15) is 17.6 Å². The van der Waals surface area contributed by atoms with E-state index < -0.39 is 35.2 Å². The third-order valence-electron chi connectivity index (χ3n) is 11.6. The van der Waals surface area contributed by atoms with Crippen molar-refractivity contribution in [3.8, 4) is 6.07 Å². The van der Waals surface area contributed by atoms with Crippen molar-refractivity contribution in [3.05, 3.63) is 82.1 Å². The Balaban J connectivity index is 0.799. The van der Waals surface area contributed by atoms with E-state index in [0.717, 1.165) is 81.1 Å². The first kappa shape index (κ1) is 36.7. The van der Waals surface area contributed by atoms with E-state index in [0.29, 0.717) is 34.8 Å². The number of aromatic nitrogens is 1. The minimum Gasteiger partial charge on any atom is -0.369 e. The van der Waals surface area contributed by atoms with Gasteiger partial charge in [0.2, 0.25) is 11.8 Å². The number of benzene rings is 2. The van der Waals surface area contributed by atoms with Crippen LogP contribution >= 0.6 is 23.8 Å². The van der Waals surface area contributed by atoms with E-state index in [1.165, 1.54) is 16.7 Å². The molecule has 1 atom stereocenters. The molecule has 3 aromatic rings. The third-order valence-corrected chi connectivity index (χ3v) is 12.2. The number of hydrogen-bond donors (Lipinski definition) is 1. The van der Waals surface area contributed by atoms with Crippen molar-refractivity contribution in [2.24, 2.45) is 0 Å². The predicted molar refractivity (Wildman–Crippen MR) is 209 cm³/mol. The number of hydrogen-bond acceptors (Lipinski definition) is 10. The maximum Gasteiger partial charge on any atom is 0.262 e. The molecule has 4 fully saturated rings. The van der Waals surface area contributed by atoms with Gasteiger partial charge in [0.15, 0.2) is 10.8 Å². The van der Waals surface area contributed by atoms with Crippen molar-refractivity contribution in [2.75, 3.05) is 47.4 Å². The number of carbonyl (C=O) groups is 5. The predicted octanol–water partition coefficient (Wildman–Crippen LogP) is 4.60. The van der Waals surface area contributed by atoms with Crippen LogP contribution in [0.5, 0.6) is 0 Å². The number of nitrogens with zero attached hydrogens (tertiary/aromatic N) is 7. The van der Waals surface area contributed by atoms with Gasteiger partial charge in [-0.25, -0.2) is 4.98 Å². The highest BCUT2D eigenvalue weighted by atomic mass is 35.5. The number of fused-ring (bicyclic) bond motifs is 1. The number of piperidine rings is 1. The van der Waals surface area contributed by atoms with Crippen molar-refractivity contribution in [3.63, 3.8) is 0 Å². The Kier molecular flexibility index (Phi) is 9.87. The zero-order valence-electron chi connectivity index (χ0n) is 30.1. The van der Waals surface area contributed by atoms with E-state index in [9.17, 15) is 29.2 Å². The SMILES string of the molecule is N#Cc1ncc(N2C(=O)C3(CCC3)N(c3ccc(CCCCCN4CCN(c5ccc6c(c5)C(=O)N(C5CCC(=O)NC5=O)C6=O)CC4)cc3)C2=S)cc1Cl. The Bertz CT molecular complexity index is 2160. The molecular formula is C40H39ClN8O5S. The highest BCUT2D eigenvalue weighted by molar-refractivity contribution is 7.81. The second-order valence-corrected chi connectivity index (χ2v) is 15.5. The molecule has 1 spiro atoms. The number of nitrogens with one attached hydrogen (secondary N) is 1. The average Bonchev–Trinajstić information content (AvgIpc) is 3.56. The third kappa shape index (κ3) is 6.53. The molecule has 282 valence electrons. The molecule has 55 heavy (non-hydrogen) atoms. The maximum atomic E-state index is 13.8. The van der Waals surface area contributed by atoms with Gasteiger partial charge in [0.25, 0.3) is 17.7 Å². The van der Waals surface area contributed by atoms with Crippen molar-refractivity contribution < 1.29 is 24.0 Å². The summed E-state index contributed by atoms with van der Waals surface area (Å²) < 4.78 is 0. The molecule has 1 aliphatic carbocycles. The number of nitriles is 1. The summed E-state index contributed by atoms with van der Waals surface area (Å²) in [6, 6.07) is 16.2. The summed E-state index contributed by atoms with van der Waals surface area (Å²) in [6.07, 6.45) is 8.24. The molecule has 0 bridgehead atoms. The highest BCUT2D eigenvalue weighted by Gasteiger charge is 2.59. The van der Waals surface area contributed by atoms with Gasteiger partial charge >= 0.3 is 0 Å². The first-order chi connectivity index (χ1) is 26.6. The first-order valence-corrected chi connectivity index (χ1v) is 19.5. The minimum atomic E-state index is -0.974. The van der Waals surface area contributed by atoms with E-state index in [1.807, 2.05) is 29.2 Å². The summed E-state index contributed by atoms with van der Waals surface area (Å²) >= 11 is 12.1. The van der Waals surface area contributed by atoms with Crippen LogP contribution in [-0.2, 0) is 20.8 Å². The average molecular weight is 779 g/mol. The Morgan fingerprint density at radius 1 is 0.891 bits per heavy atom. The summed E-state index contributed by atoms with van der Waals surface area (Å²) in [4.78, 5) is 77.4. The number of piperazine rings is 1. The monoisotopic (exact) mass is 778 g/mol. The molecule has 1 aromatic heterocycles. The molecule has 5 aliphatic rings. The van der Waals surface area contributed by atoms with Crippen LogP contribution in [0.25, 0.3) is 0 Å². The number of aryl methyl sites for hydroxylation is 1. The number of anilines is 3. The van der Waals surface area contributed by atoms with Gasteiger partial charge < -0.3 is 9.80 Å². The van der Waals surface area contributed by atoms with Crippen LogP contribution in [0.3, 0.4) is 0 Å². The summed E-state index contributed by atoms with van der Waals surface area (Å²) in [5, 5.41) is 12.0. The largest absolute Gasteiger partial charge is 0.369 e. The summed E-state index contributed by atoms with van der Waals surface area (Å²) in [5.74, 6) is -2.08. The molecule has 3 saturated heterocycles. The molecule has 1 saturated carbocycles. The van der Waals surface area contributed by atoms with E-state index in [-0.39, 0.29) is 29.5 Å². The van der Waals surface area contributed by atoms with Crippen LogP contribution in [0.15, 0.2) is 54.7 Å². The number of amides is 5. The molecule has 13 nitrogen and oxygen atoms in total. The van der Waals surface area contributed by atoms with Crippen molar-refractivity contribution in [1.82, 2.24) is 20.1 Å². The number of carbonyl (C=O) groups excluding carboxylic acids is 5. The number of halogens is 1. The highest BCUT2D eigenvalue weighted by Crippen LogP contribution is 2.48. The lowest BCUT2D eigenvalue weighted by atomic mass is 9.75. The quantitative estimate of drug-likeness (QED) is 0.175. The molecule has 1 N–H and O–H groups in total. The number of pyridine rings is 1. The van der Waals surface area contributed by atoms with E-state index in [4.69, 9.17) is 23.8 Å². The number of imide groups is 2. The maximum absolute atomic E-state index is 13.8. The lowest BCUT2D eigenvalue weighted by molar-refractivity contribution is -0.136. The van der Waals surface area contributed by atoms with Gasteiger partial charge in [-0.05, 0) is 106 Å². The molecule has 2 aromatic carbocycles. The van der Waals surface area contributed by atoms with Crippen LogP contribution in [0.4, 0.5) is 17.1 Å². The van der Waals surface area contributed by atoms with E-state index in [2.05, 4.69) is 32.2 Å². The zero-order chi connectivity index (χ0) is 38.4. The molecule has 8 rings (SSSR count). The van der Waals surface area contributed by atoms with Crippen LogP contribution < -0.4 is 20.0 Å².